The minimum Gasteiger partial charge on any atom is -0.315 e. The molecule has 98 valence electrons. The maximum absolute atomic E-state index is 12.1. The van der Waals surface area contributed by atoms with Gasteiger partial charge in [0.15, 0.2) is 0 Å². The molecule has 1 amide bonds. The topological polar surface area (TPSA) is 33.2 Å². The van der Waals surface area contributed by atoms with E-state index in [4.69, 9.17) is 11.6 Å². The van der Waals surface area contributed by atoms with Gasteiger partial charge in [0, 0.05) is 18.9 Å². The number of hydrogen-bond donors (Lipinski definition) is 0. The van der Waals surface area contributed by atoms with E-state index >= 15 is 0 Å². The van der Waals surface area contributed by atoms with E-state index in [1.54, 1.807) is 30.3 Å². The molecular formula is C14H13ClN2OS. The molecule has 0 atom stereocenters. The molecule has 1 aromatic carbocycles. The predicted octanol–water partition coefficient (Wildman–Crippen LogP) is 3.49. The summed E-state index contributed by atoms with van der Waals surface area (Å²) >= 11 is 7.34. The lowest BCUT2D eigenvalue weighted by Crippen LogP contribution is -2.27. The number of rotatable bonds is 4. The molecule has 0 N–H and O–H groups in total. The Morgan fingerprint density at radius 3 is 2.68 bits per heavy atom. The Morgan fingerprint density at radius 1 is 1.26 bits per heavy atom. The van der Waals surface area contributed by atoms with Crippen LogP contribution in [0.25, 0.3) is 0 Å². The van der Waals surface area contributed by atoms with Crippen LogP contribution in [0.1, 0.15) is 0 Å². The average Bonchev–Trinajstić information content (AvgIpc) is 2.46. The van der Waals surface area contributed by atoms with Crippen molar-refractivity contribution in [3.8, 4) is 0 Å². The number of carbonyl (C=O) groups is 1. The summed E-state index contributed by atoms with van der Waals surface area (Å²) in [6.07, 6.45) is 1.67. The molecule has 0 bridgehead atoms. The van der Waals surface area contributed by atoms with Crippen LogP contribution < -0.4 is 4.90 Å². The number of para-hydroxylation sites is 1. The number of nitrogens with zero attached hydrogens (tertiary/aromatic N) is 2. The van der Waals surface area contributed by atoms with E-state index in [0.29, 0.717) is 15.8 Å². The normalized spacial score (nSPS) is 10.2. The van der Waals surface area contributed by atoms with Crippen LogP contribution >= 0.6 is 23.4 Å². The molecule has 2 aromatic rings. The van der Waals surface area contributed by atoms with Gasteiger partial charge in [-0.15, -0.1) is 0 Å². The number of anilines is 1. The second-order valence-corrected chi connectivity index (χ2v) is 5.24. The van der Waals surface area contributed by atoms with Crippen molar-refractivity contribution in [3.63, 3.8) is 0 Å². The number of benzene rings is 1. The van der Waals surface area contributed by atoms with Gasteiger partial charge in [0.25, 0.3) is 0 Å². The Balaban J connectivity index is 1.97. The lowest BCUT2D eigenvalue weighted by Gasteiger charge is -2.16. The molecule has 0 radical (unpaired) electrons. The van der Waals surface area contributed by atoms with E-state index in [2.05, 4.69) is 4.98 Å². The third kappa shape index (κ3) is 3.72. The largest absolute Gasteiger partial charge is 0.315 e. The van der Waals surface area contributed by atoms with Gasteiger partial charge in [0.1, 0.15) is 5.03 Å². The Bertz CT molecular complexity index is 562. The summed E-state index contributed by atoms with van der Waals surface area (Å²) in [4.78, 5) is 17.8. The molecule has 5 heteroatoms. The first-order chi connectivity index (χ1) is 9.18. The fraction of sp³-hybridized carbons (Fsp3) is 0.143. The fourth-order valence-electron chi connectivity index (χ4n) is 1.50. The summed E-state index contributed by atoms with van der Waals surface area (Å²) in [5, 5.41) is 1.25. The minimum absolute atomic E-state index is 0.0120. The zero-order valence-corrected chi connectivity index (χ0v) is 12.0. The summed E-state index contributed by atoms with van der Waals surface area (Å²) in [7, 11) is 1.76. The standard InChI is InChI=1S/C14H13ClN2OS/c1-17(11-6-3-2-4-7-11)13(18)10-19-14-12(15)8-5-9-16-14/h2-9H,10H2,1H3. The maximum Gasteiger partial charge on any atom is 0.237 e. The smallest absolute Gasteiger partial charge is 0.237 e. The van der Waals surface area contributed by atoms with Crippen molar-refractivity contribution >= 4 is 35.0 Å². The molecule has 0 saturated carbocycles. The van der Waals surface area contributed by atoms with Crippen LogP contribution in [0.15, 0.2) is 53.7 Å². The monoisotopic (exact) mass is 292 g/mol. The van der Waals surface area contributed by atoms with Gasteiger partial charge in [-0.2, -0.15) is 0 Å². The Hall–Kier alpha value is -1.52. The summed E-state index contributed by atoms with van der Waals surface area (Å²) in [5.74, 6) is 0.320. The van der Waals surface area contributed by atoms with Crippen molar-refractivity contribution in [1.29, 1.82) is 0 Å². The minimum atomic E-state index is 0.0120. The van der Waals surface area contributed by atoms with Gasteiger partial charge in [-0.05, 0) is 24.3 Å². The molecule has 19 heavy (non-hydrogen) atoms. The van der Waals surface area contributed by atoms with Crippen molar-refractivity contribution in [1.82, 2.24) is 4.98 Å². The third-order valence-corrected chi connectivity index (χ3v) is 3.98. The molecule has 3 nitrogen and oxygen atoms in total. The van der Waals surface area contributed by atoms with Crippen LogP contribution in [0.3, 0.4) is 0 Å². The summed E-state index contributed by atoms with van der Waals surface area (Å²) in [6, 6.07) is 13.1. The molecule has 0 aliphatic rings. The van der Waals surface area contributed by atoms with Crippen LogP contribution in [0, 0.1) is 0 Å². The molecule has 2 rings (SSSR count). The van der Waals surface area contributed by atoms with Crippen molar-refractivity contribution in [3.05, 3.63) is 53.7 Å². The zero-order chi connectivity index (χ0) is 13.7. The number of halogens is 1. The Morgan fingerprint density at radius 2 is 2.00 bits per heavy atom. The molecule has 0 saturated heterocycles. The quantitative estimate of drug-likeness (QED) is 0.809. The van der Waals surface area contributed by atoms with Gasteiger partial charge in [-0.1, -0.05) is 41.6 Å². The lowest BCUT2D eigenvalue weighted by molar-refractivity contribution is -0.115. The first-order valence-electron chi connectivity index (χ1n) is 5.73. The van der Waals surface area contributed by atoms with Crippen LogP contribution in [0.4, 0.5) is 5.69 Å². The van der Waals surface area contributed by atoms with Gasteiger partial charge in [0.2, 0.25) is 5.91 Å². The van der Waals surface area contributed by atoms with Gasteiger partial charge in [0.05, 0.1) is 10.8 Å². The van der Waals surface area contributed by atoms with Gasteiger partial charge in [-0.3, -0.25) is 4.79 Å². The fourth-order valence-corrected chi connectivity index (χ4v) is 2.58. The Labute approximate surface area is 121 Å². The Kier molecular flexibility index (Phi) is 4.82. The molecule has 0 fully saturated rings. The van der Waals surface area contributed by atoms with E-state index < -0.39 is 0 Å². The summed E-state index contributed by atoms with van der Waals surface area (Å²) < 4.78 is 0. The molecule has 0 spiro atoms. The first kappa shape index (κ1) is 13.9. The SMILES string of the molecule is CN(C(=O)CSc1ncccc1Cl)c1ccccc1. The molecule has 0 unspecified atom stereocenters. The number of pyridine rings is 1. The van der Waals surface area contributed by atoms with E-state index in [-0.39, 0.29) is 5.91 Å². The molecule has 1 aromatic heterocycles. The molecule has 0 aliphatic heterocycles. The van der Waals surface area contributed by atoms with E-state index in [1.807, 2.05) is 30.3 Å². The second-order valence-electron chi connectivity index (χ2n) is 3.87. The van der Waals surface area contributed by atoms with Crippen LogP contribution in [0.5, 0.6) is 0 Å². The number of hydrogen-bond acceptors (Lipinski definition) is 3. The number of thioether (sulfide) groups is 1. The van der Waals surface area contributed by atoms with Crippen LogP contribution in [-0.4, -0.2) is 23.7 Å². The maximum atomic E-state index is 12.1. The van der Waals surface area contributed by atoms with E-state index in [9.17, 15) is 4.79 Å². The third-order valence-electron chi connectivity index (χ3n) is 2.57. The van der Waals surface area contributed by atoms with Gasteiger partial charge < -0.3 is 4.90 Å². The number of amides is 1. The van der Waals surface area contributed by atoms with Crippen molar-refractivity contribution in [2.75, 3.05) is 17.7 Å². The van der Waals surface area contributed by atoms with Gasteiger partial charge in [-0.25, -0.2) is 4.98 Å². The van der Waals surface area contributed by atoms with Crippen molar-refractivity contribution in [2.45, 2.75) is 5.03 Å². The van der Waals surface area contributed by atoms with E-state index in [0.717, 1.165) is 5.69 Å². The molecule has 0 aliphatic carbocycles. The highest BCUT2D eigenvalue weighted by Gasteiger charge is 2.12. The summed E-state index contributed by atoms with van der Waals surface area (Å²) in [6.45, 7) is 0. The summed E-state index contributed by atoms with van der Waals surface area (Å²) in [5.41, 5.74) is 0.875. The first-order valence-corrected chi connectivity index (χ1v) is 7.10. The number of carbonyl (C=O) groups excluding carboxylic acids is 1. The van der Waals surface area contributed by atoms with Crippen molar-refractivity contribution < 1.29 is 4.79 Å². The number of aromatic nitrogens is 1. The second kappa shape index (κ2) is 6.59. The van der Waals surface area contributed by atoms with Crippen LogP contribution in [0.2, 0.25) is 5.02 Å². The van der Waals surface area contributed by atoms with Gasteiger partial charge >= 0.3 is 0 Å². The average molecular weight is 293 g/mol. The van der Waals surface area contributed by atoms with Crippen LogP contribution in [-0.2, 0) is 4.79 Å². The predicted molar refractivity (Wildman–Crippen MR) is 79.8 cm³/mol. The van der Waals surface area contributed by atoms with E-state index in [1.165, 1.54) is 11.8 Å². The molecule has 1 heterocycles. The highest BCUT2D eigenvalue weighted by atomic mass is 35.5. The zero-order valence-electron chi connectivity index (χ0n) is 10.4. The highest BCUT2D eigenvalue weighted by molar-refractivity contribution is 8.00. The molecular weight excluding hydrogens is 280 g/mol. The highest BCUT2D eigenvalue weighted by Crippen LogP contribution is 2.24. The lowest BCUT2D eigenvalue weighted by atomic mass is 10.3. The van der Waals surface area contributed by atoms with Crippen molar-refractivity contribution in [2.24, 2.45) is 0 Å².